The number of phenols is 2. The third kappa shape index (κ3) is 3.35. The van der Waals surface area contributed by atoms with E-state index in [1.165, 1.54) is 24.3 Å². The van der Waals surface area contributed by atoms with Gasteiger partial charge in [0.25, 0.3) is 0 Å². The summed E-state index contributed by atoms with van der Waals surface area (Å²) in [5.74, 6) is -0.788. The van der Waals surface area contributed by atoms with Crippen LogP contribution in [0.3, 0.4) is 0 Å². The van der Waals surface area contributed by atoms with Crippen molar-refractivity contribution in [1.29, 1.82) is 0 Å². The van der Waals surface area contributed by atoms with Crippen LogP contribution in [0.25, 0.3) is 6.08 Å². The van der Waals surface area contributed by atoms with Gasteiger partial charge < -0.3 is 15.5 Å². The third-order valence-electron chi connectivity index (χ3n) is 2.50. The number of aromatic hydroxyl groups is 2. The topological polar surface area (TPSA) is 69.6 Å². The fourth-order valence-corrected chi connectivity index (χ4v) is 1.56. The Morgan fingerprint density at radius 1 is 0.947 bits per heavy atom. The molecule has 96 valence electrons. The van der Waals surface area contributed by atoms with Crippen LogP contribution >= 0.6 is 0 Å². The molecule has 2 rings (SSSR count). The Hall–Kier alpha value is -2.75. The molecule has 0 aliphatic carbocycles. The molecule has 0 fully saturated rings. The normalized spacial score (nSPS) is 10.5. The molecule has 0 radical (unpaired) electrons. The van der Waals surface area contributed by atoms with Crippen LogP contribution in [-0.4, -0.2) is 16.1 Å². The zero-order valence-corrected chi connectivity index (χ0v) is 10.1. The van der Waals surface area contributed by atoms with E-state index in [1.54, 1.807) is 6.08 Å². The van der Waals surface area contributed by atoms with Crippen molar-refractivity contribution < 1.29 is 15.0 Å². The highest BCUT2D eigenvalue weighted by Crippen LogP contribution is 2.32. The molecule has 0 saturated heterocycles. The van der Waals surface area contributed by atoms with Crippen LogP contribution in [0.15, 0.2) is 54.6 Å². The van der Waals surface area contributed by atoms with E-state index in [0.717, 1.165) is 5.56 Å². The van der Waals surface area contributed by atoms with Crippen molar-refractivity contribution in [3.63, 3.8) is 0 Å². The fraction of sp³-hybridized carbons (Fsp3) is 0. The van der Waals surface area contributed by atoms with Gasteiger partial charge in [0.1, 0.15) is 17.2 Å². The van der Waals surface area contributed by atoms with E-state index < -0.39 is 5.91 Å². The molecular formula is C15H13NO3. The van der Waals surface area contributed by atoms with E-state index in [1.807, 2.05) is 30.3 Å². The molecule has 4 nitrogen and oxygen atoms in total. The molecule has 19 heavy (non-hydrogen) atoms. The molecule has 0 aliphatic rings. The van der Waals surface area contributed by atoms with Crippen molar-refractivity contribution in [2.75, 3.05) is 5.32 Å². The highest BCUT2D eigenvalue weighted by Gasteiger charge is 2.08. The van der Waals surface area contributed by atoms with Gasteiger partial charge >= 0.3 is 0 Å². The highest BCUT2D eigenvalue weighted by atomic mass is 16.3. The SMILES string of the molecule is O=C(/C=C/c1ccccc1)Nc1c(O)cccc1O. The average molecular weight is 255 g/mol. The second-order valence-electron chi connectivity index (χ2n) is 3.90. The van der Waals surface area contributed by atoms with Crippen LogP contribution in [-0.2, 0) is 4.79 Å². The number of carbonyl (C=O) groups is 1. The molecule has 0 saturated carbocycles. The fourth-order valence-electron chi connectivity index (χ4n) is 1.56. The van der Waals surface area contributed by atoms with Gasteiger partial charge in [-0.1, -0.05) is 36.4 Å². The summed E-state index contributed by atoms with van der Waals surface area (Å²) in [5.41, 5.74) is 0.893. The monoisotopic (exact) mass is 255 g/mol. The Labute approximate surface area is 110 Å². The number of amides is 1. The van der Waals surface area contributed by atoms with E-state index in [0.29, 0.717) is 0 Å². The first-order chi connectivity index (χ1) is 9.16. The Bertz CT molecular complexity index is 586. The third-order valence-corrected chi connectivity index (χ3v) is 2.50. The van der Waals surface area contributed by atoms with Crippen LogP contribution in [0, 0.1) is 0 Å². The van der Waals surface area contributed by atoms with E-state index in [-0.39, 0.29) is 17.2 Å². The lowest BCUT2D eigenvalue weighted by molar-refractivity contribution is -0.111. The summed E-state index contributed by atoms with van der Waals surface area (Å²) in [6.07, 6.45) is 2.98. The number of carbonyl (C=O) groups excluding carboxylic acids is 1. The van der Waals surface area contributed by atoms with Crippen molar-refractivity contribution in [1.82, 2.24) is 0 Å². The Kier molecular flexibility index (Phi) is 3.83. The van der Waals surface area contributed by atoms with E-state index in [4.69, 9.17) is 0 Å². The van der Waals surface area contributed by atoms with E-state index >= 15 is 0 Å². The zero-order valence-electron chi connectivity index (χ0n) is 10.1. The van der Waals surface area contributed by atoms with E-state index in [9.17, 15) is 15.0 Å². The van der Waals surface area contributed by atoms with Crippen molar-refractivity contribution in [2.24, 2.45) is 0 Å². The van der Waals surface area contributed by atoms with Gasteiger partial charge in [0.15, 0.2) is 0 Å². The van der Waals surface area contributed by atoms with Crippen molar-refractivity contribution in [2.45, 2.75) is 0 Å². The average Bonchev–Trinajstić information content (AvgIpc) is 2.42. The molecule has 0 heterocycles. The Morgan fingerprint density at radius 2 is 1.58 bits per heavy atom. The smallest absolute Gasteiger partial charge is 0.248 e. The lowest BCUT2D eigenvalue weighted by Gasteiger charge is -2.06. The summed E-state index contributed by atoms with van der Waals surface area (Å²) in [6.45, 7) is 0. The highest BCUT2D eigenvalue weighted by molar-refractivity contribution is 6.03. The predicted octanol–water partition coefficient (Wildman–Crippen LogP) is 2.75. The molecule has 2 aromatic carbocycles. The van der Waals surface area contributed by atoms with Crippen LogP contribution in [0.2, 0.25) is 0 Å². The minimum atomic E-state index is -0.430. The maximum absolute atomic E-state index is 11.7. The number of para-hydroxylation sites is 1. The summed E-state index contributed by atoms with van der Waals surface area (Å²) in [4.78, 5) is 11.7. The summed E-state index contributed by atoms with van der Waals surface area (Å²) < 4.78 is 0. The maximum Gasteiger partial charge on any atom is 0.248 e. The first kappa shape index (κ1) is 12.7. The quantitative estimate of drug-likeness (QED) is 0.583. The van der Waals surface area contributed by atoms with Crippen LogP contribution < -0.4 is 5.32 Å². The van der Waals surface area contributed by atoms with Gasteiger partial charge in [0, 0.05) is 6.08 Å². The van der Waals surface area contributed by atoms with Gasteiger partial charge in [-0.25, -0.2) is 0 Å². The molecule has 3 N–H and O–H groups in total. The van der Waals surface area contributed by atoms with E-state index in [2.05, 4.69) is 5.32 Å². The van der Waals surface area contributed by atoms with Gasteiger partial charge in [-0.05, 0) is 23.8 Å². The molecule has 2 aromatic rings. The predicted molar refractivity (Wildman–Crippen MR) is 73.9 cm³/mol. The summed E-state index contributed by atoms with van der Waals surface area (Å²) in [6, 6.07) is 13.6. The van der Waals surface area contributed by atoms with Gasteiger partial charge in [-0.2, -0.15) is 0 Å². The summed E-state index contributed by atoms with van der Waals surface area (Å²) in [5, 5.41) is 21.5. The van der Waals surface area contributed by atoms with Crippen molar-refractivity contribution in [3.8, 4) is 11.5 Å². The number of rotatable bonds is 3. The van der Waals surface area contributed by atoms with Crippen LogP contribution in [0.1, 0.15) is 5.56 Å². The maximum atomic E-state index is 11.7. The van der Waals surface area contributed by atoms with Crippen LogP contribution in [0.4, 0.5) is 5.69 Å². The molecule has 0 aliphatic heterocycles. The number of hydrogen-bond acceptors (Lipinski definition) is 3. The molecule has 0 atom stereocenters. The van der Waals surface area contributed by atoms with Gasteiger partial charge in [0.2, 0.25) is 5.91 Å². The van der Waals surface area contributed by atoms with Gasteiger partial charge in [-0.15, -0.1) is 0 Å². The second kappa shape index (κ2) is 5.73. The molecule has 0 spiro atoms. The van der Waals surface area contributed by atoms with Gasteiger partial charge in [-0.3, -0.25) is 4.79 Å². The number of nitrogens with one attached hydrogen (secondary N) is 1. The zero-order chi connectivity index (χ0) is 13.7. The first-order valence-electron chi connectivity index (χ1n) is 5.72. The largest absolute Gasteiger partial charge is 0.506 e. The minimum Gasteiger partial charge on any atom is -0.506 e. The standard InChI is InChI=1S/C15H13NO3/c17-12-7-4-8-13(18)15(12)16-14(19)10-9-11-5-2-1-3-6-11/h1-10,17-18H,(H,16,19)/b10-9+. The minimum absolute atomic E-state index is 0.00483. The number of benzene rings is 2. The Balaban J connectivity index is 2.08. The molecule has 0 bridgehead atoms. The summed E-state index contributed by atoms with van der Waals surface area (Å²) >= 11 is 0. The molecule has 0 unspecified atom stereocenters. The Morgan fingerprint density at radius 3 is 2.21 bits per heavy atom. The molecular weight excluding hydrogens is 242 g/mol. The van der Waals surface area contributed by atoms with Crippen molar-refractivity contribution in [3.05, 3.63) is 60.2 Å². The summed E-state index contributed by atoms with van der Waals surface area (Å²) in [7, 11) is 0. The van der Waals surface area contributed by atoms with Gasteiger partial charge in [0.05, 0.1) is 0 Å². The first-order valence-corrected chi connectivity index (χ1v) is 5.72. The van der Waals surface area contributed by atoms with Crippen molar-refractivity contribution >= 4 is 17.7 Å². The lowest BCUT2D eigenvalue weighted by atomic mass is 10.2. The lowest BCUT2D eigenvalue weighted by Crippen LogP contribution is -2.08. The molecule has 0 aromatic heterocycles. The molecule has 1 amide bonds. The number of hydrogen-bond donors (Lipinski definition) is 3. The second-order valence-corrected chi connectivity index (χ2v) is 3.90. The number of anilines is 1. The van der Waals surface area contributed by atoms with Crippen LogP contribution in [0.5, 0.6) is 11.5 Å². The molecule has 4 heteroatoms. The number of phenolic OH excluding ortho intramolecular Hbond substituents is 2.